The highest BCUT2D eigenvalue weighted by Crippen LogP contribution is 2.28. The molecule has 0 radical (unpaired) electrons. The van der Waals surface area contributed by atoms with Gasteiger partial charge in [-0.2, -0.15) is 0 Å². The molecular formula is C25H29N5O3. The lowest BCUT2D eigenvalue weighted by Gasteiger charge is -2.28. The van der Waals surface area contributed by atoms with Gasteiger partial charge in [-0.3, -0.25) is 19.1 Å². The van der Waals surface area contributed by atoms with Crippen LogP contribution < -0.4 is 26.8 Å². The van der Waals surface area contributed by atoms with Crippen LogP contribution in [-0.2, 0) is 17.8 Å². The highest BCUT2D eigenvalue weighted by molar-refractivity contribution is 5.98. The second-order valence-electron chi connectivity index (χ2n) is 8.76. The van der Waals surface area contributed by atoms with Crippen LogP contribution in [0.1, 0.15) is 25.0 Å². The molecule has 3 aromatic rings. The Morgan fingerprint density at radius 1 is 1.09 bits per heavy atom. The lowest BCUT2D eigenvalue weighted by molar-refractivity contribution is -0.117. The van der Waals surface area contributed by atoms with Gasteiger partial charge in [0.15, 0.2) is 5.69 Å². The summed E-state index contributed by atoms with van der Waals surface area (Å²) in [5, 5.41) is 0. The first-order valence-corrected chi connectivity index (χ1v) is 11.1. The van der Waals surface area contributed by atoms with E-state index in [0.29, 0.717) is 6.54 Å². The van der Waals surface area contributed by atoms with Crippen molar-refractivity contribution < 1.29 is 4.79 Å². The van der Waals surface area contributed by atoms with E-state index in [9.17, 15) is 14.4 Å². The van der Waals surface area contributed by atoms with Gasteiger partial charge in [0, 0.05) is 18.8 Å². The van der Waals surface area contributed by atoms with Crippen molar-refractivity contribution in [2.24, 2.45) is 5.92 Å². The molecule has 0 saturated carbocycles. The standard InChI is InChI=1S/C25H29N5O3/c1-17(2)14-29(21(31)16-28-13-12-19-10-6-7-11-20(19)28)22-23(26)30(25(33)27-24(22)32)15-18-8-4-3-5-9-18/h3-11,17H,12-16,26H2,1-2H3,(H,27,32,33). The number of carbonyl (C=O) groups is 1. The molecule has 2 aromatic carbocycles. The van der Waals surface area contributed by atoms with Crippen LogP contribution in [0, 0.1) is 5.92 Å². The summed E-state index contributed by atoms with van der Waals surface area (Å²) in [4.78, 5) is 44.7. The van der Waals surface area contributed by atoms with Gasteiger partial charge in [-0.05, 0) is 29.5 Å². The van der Waals surface area contributed by atoms with Crippen molar-refractivity contribution >= 4 is 23.1 Å². The number of rotatable bonds is 7. The van der Waals surface area contributed by atoms with E-state index in [1.165, 1.54) is 15.0 Å². The van der Waals surface area contributed by atoms with E-state index in [1.54, 1.807) is 0 Å². The molecule has 3 N–H and O–H groups in total. The van der Waals surface area contributed by atoms with Crippen LogP contribution in [0.4, 0.5) is 17.2 Å². The van der Waals surface area contributed by atoms with E-state index < -0.39 is 11.2 Å². The van der Waals surface area contributed by atoms with Gasteiger partial charge < -0.3 is 15.5 Å². The minimum Gasteiger partial charge on any atom is -0.383 e. The first-order valence-electron chi connectivity index (χ1n) is 11.1. The summed E-state index contributed by atoms with van der Waals surface area (Å²) in [6.45, 7) is 5.30. The van der Waals surface area contributed by atoms with Crippen LogP contribution in [0.15, 0.2) is 64.2 Å². The summed E-state index contributed by atoms with van der Waals surface area (Å²) in [5.41, 5.74) is 8.23. The first-order chi connectivity index (χ1) is 15.8. The van der Waals surface area contributed by atoms with Crippen LogP contribution >= 0.6 is 0 Å². The number of benzene rings is 2. The number of H-pyrrole nitrogens is 1. The number of amides is 1. The SMILES string of the molecule is CC(C)CN(C(=O)CN1CCc2ccccc21)c1c(N)n(Cc2ccccc2)c(=O)[nH]c1=O. The fourth-order valence-electron chi connectivity index (χ4n) is 4.26. The Morgan fingerprint density at radius 2 is 1.79 bits per heavy atom. The third-order valence-corrected chi connectivity index (χ3v) is 5.83. The molecule has 1 aliphatic rings. The summed E-state index contributed by atoms with van der Waals surface area (Å²) in [6.07, 6.45) is 0.873. The van der Waals surface area contributed by atoms with Crippen LogP contribution in [-0.4, -0.2) is 35.1 Å². The molecular weight excluding hydrogens is 418 g/mol. The second-order valence-corrected chi connectivity index (χ2v) is 8.76. The first kappa shape index (κ1) is 22.4. The second kappa shape index (κ2) is 9.36. The summed E-state index contributed by atoms with van der Waals surface area (Å²) >= 11 is 0. The minimum atomic E-state index is -0.655. The number of nitrogens with one attached hydrogen (secondary N) is 1. The van der Waals surface area contributed by atoms with E-state index in [-0.39, 0.29) is 36.4 Å². The van der Waals surface area contributed by atoms with Crippen molar-refractivity contribution in [1.82, 2.24) is 9.55 Å². The summed E-state index contributed by atoms with van der Waals surface area (Å²) in [7, 11) is 0. The molecule has 172 valence electrons. The van der Waals surface area contributed by atoms with Crippen molar-refractivity contribution in [1.29, 1.82) is 0 Å². The zero-order chi connectivity index (χ0) is 23.5. The Labute approximate surface area is 192 Å². The number of anilines is 3. The fraction of sp³-hybridized carbons (Fsp3) is 0.320. The number of nitrogens with zero attached hydrogens (tertiary/aromatic N) is 3. The Hall–Kier alpha value is -3.81. The molecule has 8 nitrogen and oxygen atoms in total. The number of carbonyl (C=O) groups excluding carboxylic acids is 1. The molecule has 2 heterocycles. The summed E-state index contributed by atoms with van der Waals surface area (Å²) in [6, 6.07) is 17.4. The molecule has 33 heavy (non-hydrogen) atoms. The highest BCUT2D eigenvalue weighted by atomic mass is 16.2. The van der Waals surface area contributed by atoms with Crippen molar-refractivity contribution in [2.75, 3.05) is 35.2 Å². The lowest BCUT2D eigenvalue weighted by Crippen LogP contribution is -2.46. The minimum absolute atomic E-state index is 0.0107. The smallest absolute Gasteiger partial charge is 0.330 e. The quantitative estimate of drug-likeness (QED) is 0.578. The van der Waals surface area contributed by atoms with Crippen LogP contribution in [0.2, 0.25) is 0 Å². The summed E-state index contributed by atoms with van der Waals surface area (Å²) in [5.74, 6) is -0.154. The maximum Gasteiger partial charge on any atom is 0.330 e. The van der Waals surface area contributed by atoms with E-state index in [1.807, 2.05) is 67.3 Å². The van der Waals surface area contributed by atoms with E-state index >= 15 is 0 Å². The number of hydrogen-bond acceptors (Lipinski definition) is 5. The summed E-state index contributed by atoms with van der Waals surface area (Å²) < 4.78 is 1.30. The number of para-hydroxylation sites is 1. The number of nitrogen functional groups attached to an aromatic ring is 1. The van der Waals surface area contributed by atoms with E-state index in [4.69, 9.17) is 5.73 Å². The molecule has 0 atom stereocenters. The van der Waals surface area contributed by atoms with Gasteiger partial charge in [-0.15, -0.1) is 0 Å². The molecule has 4 rings (SSSR count). The Balaban J connectivity index is 1.70. The van der Waals surface area contributed by atoms with Gasteiger partial charge >= 0.3 is 5.69 Å². The lowest BCUT2D eigenvalue weighted by atomic mass is 10.1. The number of nitrogens with two attached hydrogens (primary N) is 1. The number of hydrogen-bond donors (Lipinski definition) is 2. The van der Waals surface area contributed by atoms with Crippen molar-refractivity contribution in [3.63, 3.8) is 0 Å². The molecule has 0 bridgehead atoms. The number of aromatic nitrogens is 2. The van der Waals surface area contributed by atoms with Crippen molar-refractivity contribution in [2.45, 2.75) is 26.8 Å². The molecule has 1 aromatic heterocycles. The Bertz CT molecular complexity index is 1260. The van der Waals surface area contributed by atoms with E-state index in [0.717, 1.165) is 24.2 Å². The topological polar surface area (TPSA) is 104 Å². The zero-order valence-electron chi connectivity index (χ0n) is 19.0. The van der Waals surface area contributed by atoms with Gasteiger partial charge in [-0.1, -0.05) is 62.4 Å². The molecule has 0 spiro atoms. The van der Waals surface area contributed by atoms with Crippen LogP contribution in [0.25, 0.3) is 0 Å². The number of aromatic amines is 1. The fourth-order valence-corrected chi connectivity index (χ4v) is 4.26. The van der Waals surface area contributed by atoms with Gasteiger partial charge in [0.05, 0.1) is 13.1 Å². The average Bonchev–Trinajstić information content (AvgIpc) is 3.19. The molecule has 1 amide bonds. The van der Waals surface area contributed by atoms with Crippen molar-refractivity contribution in [3.05, 3.63) is 86.6 Å². The van der Waals surface area contributed by atoms with Gasteiger partial charge in [0.25, 0.3) is 5.56 Å². The molecule has 8 heteroatoms. The van der Waals surface area contributed by atoms with Crippen molar-refractivity contribution in [3.8, 4) is 0 Å². The van der Waals surface area contributed by atoms with Gasteiger partial charge in [-0.25, -0.2) is 4.79 Å². The molecule has 1 aliphatic heterocycles. The zero-order valence-corrected chi connectivity index (χ0v) is 19.0. The normalized spacial score (nSPS) is 12.8. The predicted molar refractivity (Wildman–Crippen MR) is 131 cm³/mol. The number of fused-ring (bicyclic) bond motifs is 1. The molecule has 0 aliphatic carbocycles. The largest absolute Gasteiger partial charge is 0.383 e. The monoisotopic (exact) mass is 447 g/mol. The van der Waals surface area contributed by atoms with Crippen LogP contribution in [0.3, 0.4) is 0 Å². The maximum absolute atomic E-state index is 13.5. The Morgan fingerprint density at radius 3 is 2.52 bits per heavy atom. The third-order valence-electron chi connectivity index (χ3n) is 5.83. The third kappa shape index (κ3) is 4.69. The molecule has 0 unspecified atom stereocenters. The van der Waals surface area contributed by atoms with Crippen LogP contribution in [0.5, 0.6) is 0 Å². The molecule has 0 fully saturated rings. The van der Waals surface area contributed by atoms with E-state index in [2.05, 4.69) is 11.1 Å². The average molecular weight is 448 g/mol. The Kier molecular flexibility index (Phi) is 6.35. The highest BCUT2D eigenvalue weighted by Gasteiger charge is 2.28. The molecule has 0 saturated heterocycles. The van der Waals surface area contributed by atoms with Gasteiger partial charge in [0.1, 0.15) is 5.82 Å². The predicted octanol–water partition coefficient (Wildman–Crippen LogP) is 2.22. The maximum atomic E-state index is 13.5. The van der Waals surface area contributed by atoms with Gasteiger partial charge in [0.2, 0.25) is 5.91 Å².